The molecule has 3 nitrogen and oxygen atoms in total. The van der Waals surface area contributed by atoms with Gasteiger partial charge in [-0.05, 0) is 69.1 Å². The van der Waals surface area contributed by atoms with Crippen LogP contribution < -0.4 is 0 Å². The van der Waals surface area contributed by atoms with Gasteiger partial charge in [-0.15, -0.1) is 6.58 Å². The molecule has 4 rings (SSSR count). The Bertz CT molecular complexity index is 672. The summed E-state index contributed by atoms with van der Waals surface area (Å²) in [5.41, 5.74) is 2.04. The first-order valence-corrected chi connectivity index (χ1v) is 9.97. The number of nitrogens with zero attached hydrogens (tertiary/aromatic N) is 1. The van der Waals surface area contributed by atoms with Crippen LogP contribution in [0.2, 0.25) is 0 Å². The van der Waals surface area contributed by atoms with Crippen molar-refractivity contribution in [3.8, 4) is 6.07 Å². The summed E-state index contributed by atoms with van der Waals surface area (Å²) >= 11 is 0. The average molecular weight is 339 g/mol. The van der Waals surface area contributed by atoms with Crippen LogP contribution in [0, 0.1) is 34.5 Å². The van der Waals surface area contributed by atoms with Crippen LogP contribution >= 0.6 is 0 Å². The van der Waals surface area contributed by atoms with Crippen molar-refractivity contribution >= 4 is 5.78 Å². The maximum Gasteiger partial charge on any atom is 0.137 e. The molecule has 0 amide bonds. The summed E-state index contributed by atoms with van der Waals surface area (Å²) in [6, 6.07) is 2.26. The monoisotopic (exact) mass is 339 g/mol. The van der Waals surface area contributed by atoms with Crippen molar-refractivity contribution in [3.63, 3.8) is 0 Å². The molecule has 0 aliphatic heterocycles. The summed E-state index contributed by atoms with van der Waals surface area (Å²) < 4.78 is 0. The Hall–Kier alpha value is -1.40. The first-order valence-electron chi connectivity index (χ1n) is 9.97. The number of allylic oxidation sites excluding steroid dienone is 3. The summed E-state index contributed by atoms with van der Waals surface area (Å²) in [5, 5.41) is 20.7. The number of hydrogen-bond donors (Lipinski definition) is 1. The molecular formula is C22H29NO2. The van der Waals surface area contributed by atoms with Gasteiger partial charge in [0.2, 0.25) is 0 Å². The SMILES string of the molecule is C=CC[C@]12CC[C@@H]3C4=C(CC[C@H]3[C@@H]1CC[C@@]2(O)CC#N)CC(=O)CC4. The van der Waals surface area contributed by atoms with Gasteiger partial charge in [0.15, 0.2) is 0 Å². The van der Waals surface area contributed by atoms with Crippen molar-refractivity contribution in [2.75, 3.05) is 0 Å². The second-order valence-electron chi connectivity index (χ2n) is 8.85. The largest absolute Gasteiger partial charge is 0.388 e. The average Bonchev–Trinajstić information content (AvgIpc) is 2.88. The fourth-order valence-electron chi connectivity index (χ4n) is 7.07. The summed E-state index contributed by atoms with van der Waals surface area (Å²) in [6.45, 7) is 3.97. The summed E-state index contributed by atoms with van der Waals surface area (Å²) in [6.07, 6.45) is 11.5. The Kier molecular flexibility index (Phi) is 4.15. The highest BCUT2D eigenvalue weighted by Crippen LogP contribution is 2.66. The van der Waals surface area contributed by atoms with E-state index in [4.69, 9.17) is 0 Å². The van der Waals surface area contributed by atoms with Gasteiger partial charge in [0.25, 0.3) is 0 Å². The summed E-state index contributed by atoms with van der Waals surface area (Å²) in [5.74, 6) is 2.14. The second-order valence-corrected chi connectivity index (χ2v) is 8.85. The maximum atomic E-state index is 11.8. The van der Waals surface area contributed by atoms with Crippen LogP contribution in [0.15, 0.2) is 23.8 Å². The van der Waals surface area contributed by atoms with Gasteiger partial charge < -0.3 is 5.11 Å². The highest BCUT2D eigenvalue weighted by molar-refractivity contribution is 5.82. The zero-order valence-electron chi connectivity index (χ0n) is 15.1. The Balaban J connectivity index is 1.68. The molecule has 134 valence electrons. The van der Waals surface area contributed by atoms with E-state index in [1.165, 1.54) is 5.57 Å². The lowest BCUT2D eigenvalue weighted by Crippen LogP contribution is -2.53. The number of carbonyl (C=O) groups is 1. The standard InChI is InChI=1S/C22H29NO2/c1-2-9-21-10-7-18-17-6-4-16(24)14-15(17)3-5-19(18)20(21)8-11-22(21,25)12-13-23/h2,18-20,25H,1,3-12,14H2/t18-,19-,20+,21+,22-/m1/s1. The van der Waals surface area contributed by atoms with E-state index in [0.29, 0.717) is 30.0 Å². The van der Waals surface area contributed by atoms with E-state index in [-0.39, 0.29) is 11.8 Å². The van der Waals surface area contributed by atoms with Gasteiger partial charge in [-0.25, -0.2) is 0 Å². The first kappa shape index (κ1) is 17.0. The highest BCUT2D eigenvalue weighted by atomic mass is 16.3. The minimum Gasteiger partial charge on any atom is -0.388 e. The number of fused-ring (bicyclic) bond motifs is 4. The molecule has 0 aromatic heterocycles. The molecule has 0 heterocycles. The van der Waals surface area contributed by atoms with Gasteiger partial charge in [-0.3, -0.25) is 4.79 Å². The van der Waals surface area contributed by atoms with Crippen molar-refractivity contribution in [1.82, 2.24) is 0 Å². The third-order valence-electron chi connectivity index (χ3n) is 8.09. The van der Waals surface area contributed by atoms with E-state index in [1.54, 1.807) is 5.57 Å². The maximum absolute atomic E-state index is 11.8. The minimum atomic E-state index is -0.844. The number of nitriles is 1. The molecule has 3 heteroatoms. The van der Waals surface area contributed by atoms with Gasteiger partial charge in [-0.2, -0.15) is 5.26 Å². The number of Topliss-reactive ketones (excluding diaryl/α,β-unsaturated/α-hetero) is 1. The number of rotatable bonds is 3. The normalized spacial score (nSPS) is 43.0. The van der Waals surface area contributed by atoms with E-state index in [2.05, 4.69) is 12.6 Å². The lowest BCUT2D eigenvalue weighted by molar-refractivity contribution is -0.120. The van der Waals surface area contributed by atoms with Crippen molar-refractivity contribution in [2.45, 2.75) is 76.2 Å². The molecule has 25 heavy (non-hydrogen) atoms. The fourth-order valence-corrected chi connectivity index (χ4v) is 7.07. The topological polar surface area (TPSA) is 61.1 Å². The van der Waals surface area contributed by atoms with Gasteiger partial charge in [0.1, 0.15) is 5.78 Å². The zero-order valence-corrected chi connectivity index (χ0v) is 15.1. The van der Waals surface area contributed by atoms with E-state index in [0.717, 1.165) is 57.8 Å². The van der Waals surface area contributed by atoms with Crippen molar-refractivity contribution < 1.29 is 9.90 Å². The van der Waals surface area contributed by atoms with Crippen LogP contribution in [-0.2, 0) is 4.79 Å². The predicted octanol–water partition coefficient (Wildman–Crippen LogP) is 4.47. The van der Waals surface area contributed by atoms with E-state index in [1.807, 2.05) is 6.08 Å². The van der Waals surface area contributed by atoms with Crippen LogP contribution in [0.1, 0.15) is 70.6 Å². The summed E-state index contributed by atoms with van der Waals surface area (Å²) in [7, 11) is 0. The zero-order chi connectivity index (χ0) is 17.7. The van der Waals surface area contributed by atoms with Crippen LogP contribution in [-0.4, -0.2) is 16.5 Å². The first-order chi connectivity index (χ1) is 12.0. The molecule has 0 unspecified atom stereocenters. The van der Waals surface area contributed by atoms with Crippen LogP contribution in [0.5, 0.6) is 0 Å². The molecule has 0 bridgehead atoms. The van der Waals surface area contributed by atoms with E-state index < -0.39 is 5.60 Å². The third kappa shape index (κ3) is 2.37. The minimum absolute atomic E-state index is 0.159. The van der Waals surface area contributed by atoms with Crippen molar-refractivity contribution in [2.24, 2.45) is 23.2 Å². The smallest absolute Gasteiger partial charge is 0.137 e. The van der Waals surface area contributed by atoms with Crippen molar-refractivity contribution in [3.05, 3.63) is 23.8 Å². The molecule has 0 spiro atoms. The highest BCUT2D eigenvalue weighted by Gasteiger charge is 2.63. The van der Waals surface area contributed by atoms with Crippen molar-refractivity contribution in [1.29, 1.82) is 5.26 Å². The Labute approximate surface area is 150 Å². The fraction of sp³-hybridized carbons (Fsp3) is 0.727. The lowest BCUT2D eigenvalue weighted by atomic mass is 9.50. The number of aliphatic hydroxyl groups is 1. The van der Waals surface area contributed by atoms with Gasteiger partial charge in [0, 0.05) is 18.3 Å². The number of hydrogen-bond acceptors (Lipinski definition) is 3. The molecule has 0 radical (unpaired) electrons. The Morgan fingerprint density at radius 2 is 2.08 bits per heavy atom. The third-order valence-corrected chi connectivity index (χ3v) is 8.09. The van der Waals surface area contributed by atoms with E-state index >= 15 is 0 Å². The van der Waals surface area contributed by atoms with Gasteiger partial charge >= 0.3 is 0 Å². The Morgan fingerprint density at radius 1 is 1.24 bits per heavy atom. The quantitative estimate of drug-likeness (QED) is 0.772. The molecule has 5 atom stereocenters. The molecule has 0 saturated heterocycles. The number of ketones is 1. The summed E-state index contributed by atoms with van der Waals surface area (Å²) in [4.78, 5) is 11.8. The molecule has 4 aliphatic carbocycles. The lowest BCUT2D eigenvalue weighted by Gasteiger charge is -2.55. The molecular weight excluding hydrogens is 310 g/mol. The van der Waals surface area contributed by atoms with Gasteiger partial charge in [0.05, 0.1) is 18.1 Å². The molecule has 1 N–H and O–H groups in total. The molecule has 0 aromatic rings. The molecule has 2 saturated carbocycles. The predicted molar refractivity (Wildman–Crippen MR) is 96.5 cm³/mol. The molecule has 4 aliphatic rings. The van der Waals surface area contributed by atoms with Gasteiger partial charge in [-0.1, -0.05) is 17.2 Å². The second kappa shape index (κ2) is 6.09. The van der Waals surface area contributed by atoms with E-state index in [9.17, 15) is 15.2 Å². The Morgan fingerprint density at radius 3 is 2.84 bits per heavy atom. The van der Waals surface area contributed by atoms with Crippen LogP contribution in [0.3, 0.4) is 0 Å². The molecule has 0 aromatic carbocycles. The van der Waals surface area contributed by atoms with Crippen LogP contribution in [0.25, 0.3) is 0 Å². The number of carbonyl (C=O) groups excluding carboxylic acids is 1. The molecule has 2 fully saturated rings. The van der Waals surface area contributed by atoms with Crippen LogP contribution in [0.4, 0.5) is 0 Å².